The summed E-state index contributed by atoms with van der Waals surface area (Å²) in [6.45, 7) is 3.21. The van der Waals surface area contributed by atoms with Crippen LogP contribution in [0.3, 0.4) is 0 Å². The first-order chi connectivity index (χ1) is 7.27. The minimum atomic E-state index is 0.219. The molecule has 0 radical (unpaired) electrons. The summed E-state index contributed by atoms with van der Waals surface area (Å²) in [7, 11) is 1.93. The SMILES string of the molecule is CCNC(CCO)CSc1nncn1C. The molecule has 0 spiro atoms. The molecule has 1 atom stereocenters. The zero-order valence-corrected chi connectivity index (χ0v) is 10.00. The Morgan fingerprint density at radius 1 is 1.67 bits per heavy atom. The van der Waals surface area contributed by atoms with Gasteiger partial charge in [0.2, 0.25) is 0 Å². The molecule has 15 heavy (non-hydrogen) atoms. The van der Waals surface area contributed by atoms with Gasteiger partial charge in [-0.3, -0.25) is 0 Å². The van der Waals surface area contributed by atoms with Crippen LogP contribution in [-0.4, -0.2) is 44.8 Å². The molecule has 1 aromatic heterocycles. The summed E-state index contributed by atoms with van der Waals surface area (Å²) in [5.74, 6) is 0.904. The third-order valence-electron chi connectivity index (χ3n) is 2.05. The molecule has 86 valence electrons. The fourth-order valence-corrected chi connectivity index (χ4v) is 2.26. The molecule has 0 aliphatic rings. The molecule has 2 N–H and O–H groups in total. The largest absolute Gasteiger partial charge is 0.396 e. The van der Waals surface area contributed by atoms with Crippen LogP contribution in [0.4, 0.5) is 0 Å². The van der Waals surface area contributed by atoms with Crippen molar-refractivity contribution in [3.8, 4) is 0 Å². The van der Waals surface area contributed by atoms with Crippen molar-refractivity contribution in [2.75, 3.05) is 18.9 Å². The van der Waals surface area contributed by atoms with E-state index >= 15 is 0 Å². The van der Waals surface area contributed by atoms with E-state index in [9.17, 15) is 0 Å². The van der Waals surface area contributed by atoms with Crippen molar-refractivity contribution in [2.45, 2.75) is 24.5 Å². The van der Waals surface area contributed by atoms with Gasteiger partial charge in [-0.1, -0.05) is 18.7 Å². The summed E-state index contributed by atoms with van der Waals surface area (Å²) in [6.07, 6.45) is 2.47. The number of aliphatic hydroxyl groups is 1. The molecular weight excluding hydrogens is 212 g/mol. The highest BCUT2D eigenvalue weighted by Crippen LogP contribution is 2.15. The van der Waals surface area contributed by atoms with Crippen molar-refractivity contribution in [1.29, 1.82) is 0 Å². The molecule has 5 nitrogen and oxygen atoms in total. The van der Waals surface area contributed by atoms with Gasteiger partial charge < -0.3 is 15.0 Å². The van der Waals surface area contributed by atoms with Crippen LogP contribution < -0.4 is 5.32 Å². The number of nitrogens with one attached hydrogen (secondary N) is 1. The number of thioether (sulfide) groups is 1. The second-order valence-electron chi connectivity index (χ2n) is 3.30. The number of aromatic nitrogens is 3. The lowest BCUT2D eigenvalue weighted by Gasteiger charge is -2.15. The monoisotopic (exact) mass is 230 g/mol. The van der Waals surface area contributed by atoms with Crippen LogP contribution >= 0.6 is 11.8 Å². The Balaban J connectivity index is 2.36. The van der Waals surface area contributed by atoms with E-state index in [1.807, 2.05) is 11.6 Å². The smallest absolute Gasteiger partial charge is 0.190 e. The third kappa shape index (κ3) is 4.19. The Kier molecular flexibility index (Phi) is 5.67. The van der Waals surface area contributed by atoms with Gasteiger partial charge in [-0.15, -0.1) is 10.2 Å². The summed E-state index contributed by atoms with van der Waals surface area (Å²) in [5.41, 5.74) is 0. The van der Waals surface area contributed by atoms with E-state index in [0.29, 0.717) is 6.04 Å². The van der Waals surface area contributed by atoms with E-state index in [-0.39, 0.29) is 6.61 Å². The minimum absolute atomic E-state index is 0.219. The average molecular weight is 230 g/mol. The van der Waals surface area contributed by atoms with Gasteiger partial charge in [0.1, 0.15) is 6.33 Å². The maximum Gasteiger partial charge on any atom is 0.190 e. The minimum Gasteiger partial charge on any atom is -0.396 e. The highest BCUT2D eigenvalue weighted by Gasteiger charge is 2.09. The van der Waals surface area contributed by atoms with Crippen LogP contribution in [0.5, 0.6) is 0 Å². The lowest BCUT2D eigenvalue weighted by atomic mass is 10.2. The molecule has 0 saturated carbocycles. The van der Waals surface area contributed by atoms with Gasteiger partial charge in [-0.2, -0.15) is 0 Å². The van der Waals surface area contributed by atoms with Crippen molar-refractivity contribution in [3.63, 3.8) is 0 Å². The number of aliphatic hydroxyl groups excluding tert-OH is 1. The van der Waals surface area contributed by atoms with E-state index in [1.165, 1.54) is 0 Å². The zero-order chi connectivity index (χ0) is 11.1. The van der Waals surface area contributed by atoms with Crippen LogP contribution in [0.25, 0.3) is 0 Å². The molecular formula is C9H18N4OS. The summed E-state index contributed by atoms with van der Waals surface area (Å²) < 4.78 is 1.90. The Morgan fingerprint density at radius 2 is 2.47 bits per heavy atom. The van der Waals surface area contributed by atoms with Gasteiger partial charge in [0.15, 0.2) is 5.16 Å². The van der Waals surface area contributed by atoms with Crippen molar-refractivity contribution in [1.82, 2.24) is 20.1 Å². The lowest BCUT2D eigenvalue weighted by molar-refractivity contribution is 0.271. The normalized spacial score (nSPS) is 13.0. The first-order valence-corrected chi connectivity index (χ1v) is 6.07. The van der Waals surface area contributed by atoms with Crippen molar-refractivity contribution in [3.05, 3.63) is 6.33 Å². The third-order valence-corrected chi connectivity index (χ3v) is 3.25. The molecule has 1 rings (SSSR count). The number of hydrogen-bond acceptors (Lipinski definition) is 5. The molecule has 1 heterocycles. The Labute approximate surface area is 94.3 Å². The first-order valence-electron chi connectivity index (χ1n) is 5.09. The number of aryl methyl sites for hydroxylation is 1. The second-order valence-corrected chi connectivity index (χ2v) is 4.29. The molecule has 1 unspecified atom stereocenters. The Bertz CT molecular complexity index is 273. The Hall–Kier alpha value is -0.590. The van der Waals surface area contributed by atoms with E-state index in [2.05, 4.69) is 22.4 Å². The number of nitrogens with zero attached hydrogens (tertiary/aromatic N) is 3. The highest BCUT2D eigenvalue weighted by atomic mass is 32.2. The molecule has 0 amide bonds. The molecule has 6 heteroatoms. The number of hydrogen-bond donors (Lipinski definition) is 2. The summed E-state index contributed by atoms with van der Waals surface area (Å²) in [5, 5.41) is 20.9. The zero-order valence-electron chi connectivity index (χ0n) is 9.18. The predicted octanol–water partition coefficient (Wildman–Crippen LogP) is 0.268. The van der Waals surface area contributed by atoms with Crippen LogP contribution in [0, 0.1) is 0 Å². The topological polar surface area (TPSA) is 63.0 Å². The maximum atomic E-state index is 8.89. The summed E-state index contributed by atoms with van der Waals surface area (Å²) >= 11 is 1.66. The van der Waals surface area contributed by atoms with Crippen LogP contribution in [0.1, 0.15) is 13.3 Å². The van der Waals surface area contributed by atoms with Gasteiger partial charge in [0.25, 0.3) is 0 Å². The maximum absolute atomic E-state index is 8.89. The van der Waals surface area contributed by atoms with Gasteiger partial charge >= 0.3 is 0 Å². The first kappa shape index (κ1) is 12.5. The second kappa shape index (κ2) is 6.81. The van der Waals surface area contributed by atoms with Crippen molar-refractivity contribution < 1.29 is 5.11 Å². The predicted molar refractivity (Wildman–Crippen MR) is 60.9 cm³/mol. The van der Waals surface area contributed by atoms with Crippen molar-refractivity contribution in [2.24, 2.45) is 7.05 Å². The van der Waals surface area contributed by atoms with Crippen LogP contribution in [0.15, 0.2) is 11.5 Å². The molecule has 0 aliphatic carbocycles. The molecule has 0 saturated heterocycles. The van der Waals surface area contributed by atoms with E-state index < -0.39 is 0 Å². The quantitative estimate of drug-likeness (QED) is 0.658. The fraction of sp³-hybridized carbons (Fsp3) is 0.778. The lowest BCUT2D eigenvalue weighted by Crippen LogP contribution is -2.32. The molecule has 1 aromatic rings. The molecule has 0 fully saturated rings. The average Bonchev–Trinajstić information content (AvgIpc) is 2.61. The van der Waals surface area contributed by atoms with Gasteiger partial charge in [0.05, 0.1) is 0 Å². The highest BCUT2D eigenvalue weighted by molar-refractivity contribution is 7.99. The standard InChI is InChI=1S/C9H18N4OS/c1-3-10-8(4-5-14)6-15-9-12-11-7-13(9)2/h7-8,10,14H,3-6H2,1-2H3. The van der Waals surface area contributed by atoms with E-state index in [1.54, 1.807) is 18.1 Å². The van der Waals surface area contributed by atoms with E-state index in [0.717, 1.165) is 23.9 Å². The van der Waals surface area contributed by atoms with Gasteiger partial charge in [-0.05, 0) is 13.0 Å². The molecule has 0 bridgehead atoms. The van der Waals surface area contributed by atoms with Gasteiger partial charge in [-0.25, -0.2) is 0 Å². The Morgan fingerprint density at radius 3 is 3.00 bits per heavy atom. The summed E-state index contributed by atoms with van der Waals surface area (Å²) in [4.78, 5) is 0. The van der Waals surface area contributed by atoms with Crippen LogP contribution in [0.2, 0.25) is 0 Å². The molecule has 0 aromatic carbocycles. The van der Waals surface area contributed by atoms with E-state index in [4.69, 9.17) is 5.11 Å². The van der Waals surface area contributed by atoms with Crippen molar-refractivity contribution >= 4 is 11.8 Å². The molecule has 0 aliphatic heterocycles. The van der Waals surface area contributed by atoms with Crippen LogP contribution in [-0.2, 0) is 7.05 Å². The van der Waals surface area contributed by atoms with Gasteiger partial charge in [0, 0.05) is 25.4 Å². The fourth-order valence-electron chi connectivity index (χ4n) is 1.27. The number of rotatable bonds is 7. The summed E-state index contributed by atoms with van der Waals surface area (Å²) in [6, 6.07) is 0.335.